The van der Waals surface area contributed by atoms with E-state index >= 15 is 0 Å². The van der Waals surface area contributed by atoms with E-state index in [0.717, 1.165) is 25.7 Å². The van der Waals surface area contributed by atoms with Gasteiger partial charge in [-0.25, -0.2) is 0 Å². The monoisotopic (exact) mass is 250 g/mol. The van der Waals surface area contributed by atoms with Crippen LogP contribution in [0.1, 0.15) is 41.7 Å². The molecule has 0 spiro atoms. The van der Waals surface area contributed by atoms with Gasteiger partial charge in [0.15, 0.2) is 0 Å². The molecule has 5 nitrogen and oxygen atoms in total. The van der Waals surface area contributed by atoms with Crippen LogP contribution < -0.4 is 10.9 Å². The van der Waals surface area contributed by atoms with Gasteiger partial charge in [-0.2, -0.15) is 0 Å². The Morgan fingerprint density at radius 3 is 2.78 bits per heavy atom. The van der Waals surface area contributed by atoms with E-state index in [1.54, 1.807) is 13.0 Å². The first-order valence-corrected chi connectivity index (χ1v) is 6.26. The van der Waals surface area contributed by atoms with Crippen LogP contribution in [0.2, 0.25) is 0 Å². The summed E-state index contributed by atoms with van der Waals surface area (Å²) in [5.41, 5.74) is 0.704. The van der Waals surface area contributed by atoms with Crippen molar-refractivity contribution in [3.8, 4) is 0 Å². The zero-order valence-electron chi connectivity index (χ0n) is 10.4. The SMILES string of the molecule is Cc1cc(C(=O)NC2CCCCC2O)cc(=O)[nH]1. The number of amides is 1. The molecule has 2 atom stereocenters. The minimum Gasteiger partial charge on any atom is -0.391 e. The lowest BCUT2D eigenvalue weighted by Crippen LogP contribution is -2.45. The first kappa shape index (κ1) is 12.8. The molecule has 0 aliphatic heterocycles. The van der Waals surface area contributed by atoms with Crippen LogP contribution >= 0.6 is 0 Å². The Balaban J connectivity index is 2.09. The molecule has 0 aromatic carbocycles. The predicted octanol–water partition coefficient (Wildman–Crippen LogP) is 0.717. The van der Waals surface area contributed by atoms with Crippen molar-refractivity contribution in [2.24, 2.45) is 0 Å². The normalized spacial score (nSPS) is 23.7. The summed E-state index contributed by atoms with van der Waals surface area (Å²) in [4.78, 5) is 25.9. The zero-order chi connectivity index (χ0) is 13.1. The van der Waals surface area contributed by atoms with E-state index in [0.29, 0.717) is 11.3 Å². The number of rotatable bonds is 2. The summed E-state index contributed by atoms with van der Waals surface area (Å²) in [6, 6.07) is 2.70. The van der Waals surface area contributed by atoms with Gasteiger partial charge in [0, 0.05) is 17.3 Å². The van der Waals surface area contributed by atoms with Gasteiger partial charge in [-0.1, -0.05) is 12.8 Å². The number of hydrogen-bond donors (Lipinski definition) is 3. The fourth-order valence-corrected chi connectivity index (χ4v) is 2.35. The summed E-state index contributed by atoms with van der Waals surface area (Å²) in [7, 11) is 0. The van der Waals surface area contributed by atoms with Crippen LogP contribution in [0.15, 0.2) is 16.9 Å². The Kier molecular flexibility index (Phi) is 3.81. The maximum Gasteiger partial charge on any atom is 0.251 e. The number of carbonyl (C=O) groups excluding carboxylic acids is 1. The molecule has 1 aliphatic rings. The average molecular weight is 250 g/mol. The molecule has 2 rings (SSSR count). The van der Waals surface area contributed by atoms with Crippen molar-refractivity contribution in [1.29, 1.82) is 0 Å². The lowest BCUT2D eigenvalue weighted by atomic mass is 9.92. The molecule has 1 heterocycles. The van der Waals surface area contributed by atoms with Gasteiger partial charge in [-0.05, 0) is 25.8 Å². The summed E-state index contributed by atoms with van der Waals surface area (Å²) in [6.45, 7) is 1.73. The lowest BCUT2D eigenvalue weighted by Gasteiger charge is -2.28. The third-order valence-corrected chi connectivity index (χ3v) is 3.29. The van der Waals surface area contributed by atoms with E-state index in [4.69, 9.17) is 0 Å². The number of nitrogens with one attached hydrogen (secondary N) is 2. The average Bonchev–Trinajstić information content (AvgIpc) is 2.31. The Morgan fingerprint density at radius 2 is 2.11 bits per heavy atom. The maximum atomic E-state index is 12.0. The van der Waals surface area contributed by atoms with Crippen LogP contribution in [0.4, 0.5) is 0 Å². The van der Waals surface area contributed by atoms with Crippen LogP contribution in [0, 0.1) is 6.92 Å². The van der Waals surface area contributed by atoms with E-state index < -0.39 is 6.10 Å². The fourth-order valence-electron chi connectivity index (χ4n) is 2.35. The number of aromatic nitrogens is 1. The second-order valence-electron chi connectivity index (χ2n) is 4.85. The highest BCUT2D eigenvalue weighted by Gasteiger charge is 2.24. The molecule has 0 radical (unpaired) electrons. The van der Waals surface area contributed by atoms with Crippen LogP contribution in [-0.2, 0) is 0 Å². The van der Waals surface area contributed by atoms with Gasteiger partial charge >= 0.3 is 0 Å². The standard InChI is InChI=1S/C13H18N2O3/c1-8-6-9(7-12(17)14-8)13(18)15-10-4-2-3-5-11(10)16/h6-7,10-11,16H,2-5H2,1H3,(H,14,17)(H,15,18). The van der Waals surface area contributed by atoms with Crippen molar-refractivity contribution in [1.82, 2.24) is 10.3 Å². The second-order valence-corrected chi connectivity index (χ2v) is 4.85. The molecule has 2 unspecified atom stereocenters. The van der Waals surface area contributed by atoms with E-state index in [1.807, 2.05) is 0 Å². The summed E-state index contributed by atoms with van der Waals surface area (Å²) < 4.78 is 0. The van der Waals surface area contributed by atoms with Crippen LogP contribution in [0.25, 0.3) is 0 Å². The highest BCUT2D eigenvalue weighted by molar-refractivity contribution is 5.94. The zero-order valence-corrected chi connectivity index (χ0v) is 10.4. The number of aliphatic hydroxyl groups excluding tert-OH is 1. The fraction of sp³-hybridized carbons (Fsp3) is 0.538. The molecule has 18 heavy (non-hydrogen) atoms. The van der Waals surface area contributed by atoms with Gasteiger partial charge in [0.1, 0.15) is 0 Å². The molecule has 1 fully saturated rings. The highest BCUT2D eigenvalue weighted by Crippen LogP contribution is 2.18. The van der Waals surface area contributed by atoms with Crippen molar-refractivity contribution < 1.29 is 9.90 Å². The third-order valence-electron chi connectivity index (χ3n) is 3.29. The van der Waals surface area contributed by atoms with Crippen LogP contribution in [-0.4, -0.2) is 28.1 Å². The molecular formula is C13H18N2O3. The van der Waals surface area contributed by atoms with Crippen molar-refractivity contribution in [2.75, 3.05) is 0 Å². The number of carbonyl (C=O) groups is 1. The Morgan fingerprint density at radius 1 is 1.39 bits per heavy atom. The van der Waals surface area contributed by atoms with Crippen molar-refractivity contribution >= 4 is 5.91 Å². The van der Waals surface area contributed by atoms with Gasteiger partial charge in [0.2, 0.25) is 5.56 Å². The Hall–Kier alpha value is -1.62. The minimum atomic E-state index is -0.481. The Labute approximate surface area is 105 Å². The molecule has 98 valence electrons. The van der Waals surface area contributed by atoms with E-state index in [9.17, 15) is 14.7 Å². The van der Waals surface area contributed by atoms with Crippen molar-refractivity contribution in [2.45, 2.75) is 44.8 Å². The predicted molar refractivity (Wildman–Crippen MR) is 67.5 cm³/mol. The molecule has 0 bridgehead atoms. The number of aromatic amines is 1. The number of hydrogen-bond acceptors (Lipinski definition) is 3. The molecule has 3 N–H and O–H groups in total. The van der Waals surface area contributed by atoms with E-state index in [2.05, 4.69) is 10.3 Å². The molecule has 1 saturated carbocycles. The van der Waals surface area contributed by atoms with Crippen molar-refractivity contribution in [3.63, 3.8) is 0 Å². The third kappa shape index (κ3) is 2.98. The number of aryl methyl sites for hydroxylation is 1. The minimum absolute atomic E-state index is 0.203. The first-order valence-electron chi connectivity index (χ1n) is 6.26. The smallest absolute Gasteiger partial charge is 0.251 e. The van der Waals surface area contributed by atoms with Gasteiger partial charge in [-0.15, -0.1) is 0 Å². The first-order chi connectivity index (χ1) is 8.56. The summed E-state index contributed by atoms with van der Waals surface area (Å²) >= 11 is 0. The second kappa shape index (κ2) is 5.35. The molecule has 1 aliphatic carbocycles. The van der Waals surface area contributed by atoms with Crippen LogP contribution in [0.3, 0.4) is 0 Å². The largest absolute Gasteiger partial charge is 0.391 e. The molecule has 1 amide bonds. The van der Waals surface area contributed by atoms with Gasteiger partial charge in [0.05, 0.1) is 12.1 Å². The van der Waals surface area contributed by atoms with Crippen LogP contribution in [0.5, 0.6) is 0 Å². The topological polar surface area (TPSA) is 82.2 Å². The molecule has 1 aromatic rings. The van der Waals surface area contributed by atoms with Gasteiger partial charge in [0.25, 0.3) is 5.91 Å². The maximum absolute atomic E-state index is 12.0. The molecule has 0 saturated heterocycles. The van der Waals surface area contributed by atoms with E-state index in [1.165, 1.54) is 6.07 Å². The Bertz CT molecular complexity index is 495. The quantitative estimate of drug-likeness (QED) is 0.723. The number of aliphatic hydroxyl groups is 1. The lowest BCUT2D eigenvalue weighted by molar-refractivity contribution is 0.0717. The molecule has 5 heteroatoms. The van der Waals surface area contributed by atoms with Gasteiger partial charge < -0.3 is 15.4 Å². The van der Waals surface area contributed by atoms with Crippen molar-refractivity contribution in [3.05, 3.63) is 33.7 Å². The number of H-pyrrole nitrogens is 1. The summed E-state index contributed by atoms with van der Waals surface area (Å²) in [6.07, 6.45) is 3.04. The summed E-state index contributed by atoms with van der Waals surface area (Å²) in [5.74, 6) is -0.296. The molecular weight excluding hydrogens is 232 g/mol. The highest BCUT2D eigenvalue weighted by atomic mass is 16.3. The summed E-state index contributed by atoms with van der Waals surface area (Å²) in [5, 5.41) is 12.6. The number of pyridine rings is 1. The van der Waals surface area contributed by atoms with Gasteiger partial charge in [-0.3, -0.25) is 9.59 Å². The molecule has 1 aromatic heterocycles. The van der Waals surface area contributed by atoms with E-state index in [-0.39, 0.29) is 17.5 Å².